The number of nitrogens with one attached hydrogen (secondary N) is 1. The van der Waals surface area contributed by atoms with Gasteiger partial charge >= 0.3 is 0 Å². The number of halogens is 1. The van der Waals surface area contributed by atoms with Crippen molar-refractivity contribution in [1.82, 2.24) is 5.32 Å². The van der Waals surface area contributed by atoms with Crippen LogP contribution in [0.15, 0.2) is 18.2 Å². The van der Waals surface area contributed by atoms with Gasteiger partial charge in [0, 0.05) is 25.7 Å². The molecule has 1 aromatic carbocycles. The number of hydrogen-bond acceptors (Lipinski definition) is 2. The molecule has 0 aliphatic heterocycles. The lowest BCUT2D eigenvalue weighted by atomic mass is 10.1. The largest absolute Gasteiger partial charge is 0.372 e. The molecule has 0 heterocycles. The molecular formula is C17H29FN2. The van der Waals surface area contributed by atoms with Crippen LogP contribution in [0.4, 0.5) is 10.1 Å². The van der Waals surface area contributed by atoms with E-state index in [0.29, 0.717) is 12.5 Å². The van der Waals surface area contributed by atoms with Gasteiger partial charge in [-0.05, 0) is 44.7 Å². The van der Waals surface area contributed by atoms with E-state index in [2.05, 4.69) is 39.9 Å². The van der Waals surface area contributed by atoms with Gasteiger partial charge in [-0.25, -0.2) is 4.39 Å². The zero-order chi connectivity index (χ0) is 15.3. The van der Waals surface area contributed by atoms with Crippen molar-refractivity contribution >= 4 is 5.69 Å². The maximum absolute atomic E-state index is 14.2. The average Bonchev–Trinajstić information content (AvgIpc) is 2.32. The molecule has 0 bridgehead atoms. The Morgan fingerprint density at radius 2 is 1.90 bits per heavy atom. The molecule has 1 rings (SSSR count). The normalized spacial score (nSPS) is 12.0. The Morgan fingerprint density at radius 1 is 1.25 bits per heavy atom. The van der Waals surface area contributed by atoms with Gasteiger partial charge in [0.1, 0.15) is 5.82 Å². The van der Waals surface area contributed by atoms with E-state index in [1.54, 1.807) is 12.1 Å². The second kappa shape index (κ2) is 7.07. The van der Waals surface area contributed by atoms with Crippen molar-refractivity contribution in [3.05, 3.63) is 29.6 Å². The van der Waals surface area contributed by atoms with Gasteiger partial charge < -0.3 is 10.2 Å². The van der Waals surface area contributed by atoms with Crippen LogP contribution in [-0.2, 0) is 6.54 Å². The maximum atomic E-state index is 14.2. The Morgan fingerprint density at radius 3 is 2.45 bits per heavy atom. The summed E-state index contributed by atoms with van der Waals surface area (Å²) in [7, 11) is 1.97. The standard InChI is InChI=1S/C17H29FN2/c1-13(2)10-11-20(6)16-14(8-7-9-15(16)18)12-19-17(3,4)5/h7-9,13,19H,10-12H2,1-6H3. The number of nitrogens with zero attached hydrogens (tertiary/aromatic N) is 1. The van der Waals surface area contributed by atoms with Crippen LogP contribution in [0, 0.1) is 11.7 Å². The molecule has 114 valence electrons. The quantitative estimate of drug-likeness (QED) is 0.840. The summed E-state index contributed by atoms with van der Waals surface area (Å²) in [4.78, 5) is 2.04. The molecule has 0 amide bonds. The van der Waals surface area contributed by atoms with Crippen LogP contribution in [-0.4, -0.2) is 19.1 Å². The highest BCUT2D eigenvalue weighted by Gasteiger charge is 2.15. The minimum Gasteiger partial charge on any atom is -0.372 e. The highest BCUT2D eigenvalue weighted by atomic mass is 19.1. The summed E-state index contributed by atoms with van der Waals surface area (Å²) >= 11 is 0. The Labute approximate surface area is 123 Å². The molecule has 0 aliphatic carbocycles. The summed E-state index contributed by atoms with van der Waals surface area (Å²) in [6.07, 6.45) is 1.07. The van der Waals surface area contributed by atoms with Gasteiger partial charge in [0.05, 0.1) is 5.69 Å². The van der Waals surface area contributed by atoms with Gasteiger partial charge in [0.15, 0.2) is 0 Å². The van der Waals surface area contributed by atoms with Crippen LogP contribution in [0.5, 0.6) is 0 Å². The molecule has 20 heavy (non-hydrogen) atoms. The summed E-state index contributed by atoms with van der Waals surface area (Å²) in [5, 5.41) is 3.43. The van der Waals surface area contributed by atoms with Crippen LogP contribution < -0.4 is 10.2 Å². The molecule has 0 spiro atoms. The molecule has 0 saturated heterocycles. The Bertz CT molecular complexity index is 421. The van der Waals surface area contributed by atoms with E-state index in [1.807, 2.05) is 18.0 Å². The molecule has 0 aliphatic rings. The zero-order valence-electron chi connectivity index (χ0n) is 13.8. The third kappa shape index (κ3) is 5.49. The van der Waals surface area contributed by atoms with Gasteiger partial charge in [0.25, 0.3) is 0 Å². The average molecular weight is 280 g/mol. The third-order valence-electron chi connectivity index (χ3n) is 3.30. The molecule has 0 atom stereocenters. The van der Waals surface area contributed by atoms with Crippen molar-refractivity contribution in [3.63, 3.8) is 0 Å². The summed E-state index contributed by atoms with van der Waals surface area (Å²) < 4.78 is 14.2. The first-order valence-corrected chi connectivity index (χ1v) is 7.44. The van der Waals surface area contributed by atoms with E-state index in [-0.39, 0.29) is 11.4 Å². The fourth-order valence-electron chi connectivity index (χ4n) is 2.05. The van der Waals surface area contributed by atoms with Crippen molar-refractivity contribution < 1.29 is 4.39 Å². The van der Waals surface area contributed by atoms with Gasteiger partial charge in [-0.15, -0.1) is 0 Å². The minimum atomic E-state index is -0.135. The number of rotatable bonds is 6. The van der Waals surface area contributed by atoms with Crippen molar-refractivity contribution in [3.8, 4) is 0 Å². The van der Waals surface area contributed by atoms with Gasteiger partial charge in [-0.1, -0.05) is 26.0 Å². The van der Waals surface area contributed by atoms with Crippen LogP contribution in [0.2, 0.25) is 0 Å². The molecular weight excluding hydrogens is 251 g/mol. The van der Waals surface area contributed by atoms with Gasteiger partial charge in [-0.3, -0.25) is 0 Å². The van der Waals surface area contributed by atoms with Crippen LogP contribution in [0.3, 0.4) is 0 Å². The van der Waals surface area contributed by atoms with E-state index in [1.165, 1.54) is 0 Å². The Hall–Kier alpha value is -1.09. The molecule has 1 aromatic rings. The monoisotopic (exact) mass is 280 g/mol. The van der Waals surface area contributed by atoms with Crippen molar-refractivity contribution in [2.75, 3.05) is 18.5 Å². The summed E-state index contributed by atoms with van der Waals surface area (Å²) in [6.45, 7) is 12.3. The van der Waals surface area contributed by atoms with Gasteiger partial charge in [-0.2, -0.15) is 0 Å². The fraction of sp³-hybridized carbons (Fsp3) is 0.647. The highest BCUT2D eigenvalue weighted by molar-refractivity contribution is 5.54. The topological polar surface area (TPSA) is 15.3 Å². The smallest absolute Gasteiger partial charge is 0.146 e. The molecule has 0 unspecified atom stereocenters. The molecule has 1 N–H and O–H groups in total. The van der Waals surface area contributed by atoms with E-state index in [9.17, 15) is 4.39 Å². The van der Waals surface area contributed by atoms with E-state index in [4.69, 9.17) is 0 Å². The molecule has 3 heteroatoms. The van der Waals surface area contributed by atoms with Gasteiger partial charge in [0.2, 0.25) is 0 Å². The molecule has 0 saturated carbocycles. The second-order valence-corrected chi connectivity index (χ2v) is 6.96. The fourth-order valence-corrected chi connectivity index (χ4v) is 2.05. The predicted molar refractivity (Wildman–Crippen MR) is 85.7 cm³/mol. The van der Waals surface area contributed by atoms with E-state index in [0.717, 1.165) is 24.2 Å². The first-order chi connectivity index (χ1) is 9.20. The minimum absolute atomic E-state index is 0.0279. The van der Waals surface area contributed by atoms with Crippen LogP contribution >= 0.6 is 0 Å². The van der Waals surface area contributed by atoms with Crippen molar-refractivity contribution in [2.24, 2.45) is 5.92 Å². The van der Waals surface area contributed by atoms with Crippen molar-refractivity contribution in [2.45, 2.75) is 53.1 Å². The lowest BCUT2D eigenvalue weighted by Gasteiger charge is -2.26. The molecule has 0 aromatic heterocycles. The summed E-state index contributed by atoms with van der Waals surface area (Å²) in [5.74, 6) is 0.491. The molecule has 0 radical (unpaired) electrons. The second-order valence-electron chi connectivity index (χ2n) is 6.96. The lowest BCUT2D eigenvalue weighted by Crippen LogP contribution is -2.35. The lowest BCUT2D eigenvalue weighted by molar-refractivity contribution is 0.423. The SMILES string of the molecule is CC(C)CCN(C)c1c(F)cccc1CNC(C)(C)C. The number of hydrogen-bond donors (Lipinski definition) is 1. The summed E-state index contributed by atoms with van der Waals surface area (Å²) in [5.41, 5.74) is 1.77. The first kappa shape index (κ1) is 17.0. The Kier molecular flexibility index (Phi) is 6.00. The highest BCUT2D eigenvalue weighted by Crippen LogP contribution is 2.24. The van der Waals surface area contributed by atoms with E-state index < -0.39 is 0 Å². The maximum Gasteiger partial charge on any atom is 0.146 e. The van der Waals surface area contributed by atoms with E-state index >= 15 is 0 Å². The number of anilines is 1. The Balaban J connectivity index is 2.87. The zero-order valence-corrected chi connectivity index (χ0v) is 13.8. The first-order valence-electron chi connectivity index (χ1n) is 7.44. The molecule has 0 fully saturated rings. The third-order valence-corrected chi connectivity index (χ3v) is 3.30. The van der Waals surface area contributed by atoms with Crippen molar-refractivity contribution in [1.29, 1.82) is 0 Å². The number of benzene rings is 1. The summed E-state index contributed by atoms with van der Waals surface area (Å²) in [6, 6.07) is 5.33. The predicted octanol–water partition coefficient (Wildman–Crippen LogP) is 4.20. The number of para-hydroxylation sites is 1. The van der Waals surface area contributed by atoms with Crippen LogP contribution in [0.1, 0.15) is 46.6 Å². The van der Waals surface area contributed by atoms with Crippen LogP contribution in [0.25, 0.3) is 0 Å². The molecule has 2 nitrogen and oxygen atoms in total.